The summed E-state index contributed by atoms with van der Waals surface area (Å²) in [5.74, 6) is 0.237. The zero-order chi connectivity index (χ0) is 11.1. The van der Waals surface area contributed by atoms with Gasteiger partial charge in [0.2, 0.25) is 0 Å². The quantitative estimate of drug-likeness (QED) is 0.723. The molecule has 4 heteroatoms. The Balaban J connectivity index is 2.10. The van der Waals surface area contributed by atoms with E-state index >= 15 is 0 Å². The number of rotatable bonds is 1. The first-order valence-electron chi connectivity index (χ1n) is 5.27. The number of carbonyl (C=O) groups is 1. The minimum atomic E-state index is 0.237. The summed E-state index contributed by atoms with van der Waals surface area (Å²) in [4.78, 5) is 11.6. The third-order valence-electron chi connectivity index (χ3n) is 2.93. The summed E-state index contributed by atoms with van der Waals surface area (Å²) in [7, 11) is 1.83. The molecule has 1 heterocycles. The molecule has 1 aliphatic carbocycles. The average Bonchev–Trinajstić information content (AvgIpc) is 2.86. The van der Waals surface area contributed by atoms with Crippen LogP contribution in [0.4, 0.5) is 0 Å². The summed E-state index contributed by atoms with van der Waals surface area (Å²) in [6, 6.07) is 5.94. The van der Waals surface area contributed by atoms with Crippen LogP contribution in [-0.4, -0.2) is 20.8 Å². The molecule has 2 aromatic rings. The molecule has 4 nitrogen and oxygen atoms in total. The Labute approximate surface area is 92.9 Å². The number of benzene rings is 1. The molecule has 1 aromatic heterocycles. The van der Waals surface area contributed by atoms with Crippen molar-refractivity contribution < 1.29 is 4.79 Å². The molecule has 0 N–H and O–H groups in total. The van der Waals surface area contributed by atoms with Crippen LogP contribution in [0.2, 0.25) is 0 Å². The molecular weight excluding hydrogens is 202 g/mol. The normalized spacial score (nSPS) is 14.2. The SMILES string of the molecule is Cn1cc(-c2ccc3c(c2)C(=O)CC3)nn1. The van der Waals surface area contributed by atoms with E-state index in [0.717, 1.165) is 28.8 Å². The molecule has 1 aromatic carbocycles. The van der Waals surface area contributed by atoms with Gasteiger partial charge in [-0.1, -0.05) is 17.3 Å². The second-order valence-corrected chi connectivity index (χ2v) is 4.07. The predicted octanol–water partition coefficient (Wildman–Crippen LogP) is 1.61. The van der Waals surface area contributed by atoms with Crippen LogP contribution in [-0.2, 0) is 13.5 Å². The van der Waals surface area contributed by atoms with Crippen LogP contribution >= 0.6 is 0 Å². The van der Waals surface area contributed by atoms with Crippen LogP contribution in [0, 0.1) is 0 Å². The lowest BCUT2D eigenvalue weighted by molar-refractivity contribution is 0.0994. The Kier molecular flexibility index (Phi) is 1.89. The van der Waals surface area contributed by atoms with Crippen molar-refractivity contribution >= 4 is 5.78 Å². The fourth-order valence-corrected chi connectivity index (χ4v) is 2.08. The van der Waals surface area contributed by atoms with Crippen molar-refractivity contribution in [2.75, 3.05) is 0 Å². The number of aryl methyl sites for hydroxylation is 2. The molecule has 0 saturated carbocycles. The molecule has 0 radical (unpaired) electrons. The molecule has 0 saturated heterocycles. The highest BCUT2D eigenvalue weighted by atomic mass is 16.1. The van der Waals surface area contributed by atoms with Gasteiger partial charge in [-0.25, -0.2) is 0 Å². The summed E-state index contributed by atoms with van der Waals surface area (Å²) in [6.45, 7) is 0. The van der Waals surface area contributed by atoms with Crippen molar-refractivity contribution in [2.45, 2.75) is 12.8 Å². The second-order valence-electron chi connectivity index (χ2n) is 4.07. The molecule has 80 valence electrons. The Morgan fingerprint density at radius 3 is 2.94 bits per heavy atom. The van der Waals surface area contributed by atoms with E-state index in [4.69, 9.17) is 0 Å². The van der Waals surface area contributed by atoms with Gasteiger partial charge in [-0.15, -0.1) is 5.10 Å². The van der Waals surface area contributed by atoms with Gasteiger partial charge in [0.25, 0.3) is 0 Å². The third kappa shape index (κ3) is 1.34. The van der Waals surface area contributed by atoms with Crippen LogP contribution in [0.1, 0.15) is 22.3 Å². The van der Waals surface area contributed by atoms with Gasteiger partial charge in [-0.2, -0.15) is 0 Å². The molecule has 0 unspecified atom stereocenters. The van der Waals surface area contributed by atoms with Gasteiger partial charge in [0.15, 0.2) is 5.78 Å². The molecular formula is C12H11N3O. The number of Topliss-reactive ketones (excluding diaryl/α,β-unsaturated/α-hetero) is 1. The van der Waals surface area contributed by atoms with Crippen LogP contribution < -0.4 is 0 Å². The molecule has 0 fully saturated rings. The van der Waals surface area contributed by atoms with Crippen molar-refractivity contribution in [3.05, 3.63) is 35.5 Å². The molecule has 0 atom stereocenters. The first-order valence-corrected chi connectivity index (χ1v) is 5.27. The summed E-state index contributed by atoms with van der Waals surface area (Å²) >= 11 is 0. The summed E-state index contributed by atoms with van der Waals surface area (Å²) in [6.07, 6.45) is 3.36. The number of ketones is 1. The van der Waals surface area contributed by atoms with E-state index in [-0.39, 0.29) is 5.78 Å². The van der Waals surface area contributed by atoms with Gasteiger partial charge < -0.3 is 0 Å². The van der Waals surface area contributed by atoms with E-state index in [2.05, 4.69) is 10.3 Å². The molecule has 3 rings (SSSR count). The predicted molar refractivity (Wildman–Crippen MR) is 59.1 cm³/mol. The zero-order valence-electron chi connectivity index (χ0n) is 8.97. The maximum atomic E-state index is 11.6. The number of hydrogen-bond acceptors (Lipinski definition) is 3. The van der Waals surface area contributed by atoms with Crippen LogP contribution in [0.25, 0.3) is 11.3 Å². The van der Waals surface area contributed by atoms with Crippen molar-refractivity contribution in [3.8, 4) is 11.3 Å². The molecule has 0 amide bonds. The highest BCUT2D eigenvalue weighted by molar-refractivity contribution is 6.01. The monoisotopic (exact) mass is 213 g/mol. The Morgan fingerprint density at radius 1 is 1.31 bits per heavy atom. The van der Waals surface area contributed by atoms with Gasteiger partial charge in [-0.3, -0.25) is 9.48 Å². The highest BCUT2D eigenvalue weighted by Gasteiger charge is 2.19. The summed E-state index contributed by atoms with van der Waals surface area (Å²) < 4.78 is 1.66. The van der Waals surface area contributed by atoms with Crippen molar-refractivity contribution in [2.24, 2.45) is 7.05 Å². The molecule has 16 heavy (non-hydrogen) atoms. The zero-order valence-corrected chi connectivity index (χ0v) is 8.97. The Morgan fingerprint density at radius 2 is 2.19 bits per heavy atom. The number of hydrogen-bond donors (Lipinski definition) is 0. The minimum Gasteiger partial charge on any atom is -0.294 e. The van der Waals surface area contributed by atoms with Gasteiger partial charge in [-0.05, 0) is 18.1 Å². The van der Waals surface area contributed by atoms with Crippen LogP contribution in [0.15, 0.2) is 24.4 Å². The number of carbonyl (C=O) groups excluding carboxylic acids is 1. The fourth-order valence-electron chi connectivity index (χ4n) is 2.08. The van der Waals surface area contributed by atoms with E-state index in [1.165, 1.54) is 0 Å². The maximum Gasteiger partial charge on any atom is 0.163 e. The molecule has 0 aliphatic heterocycles. The fraction of sp³-hybridized carbons (Fsp3) is 0.250. The van der Waals surface area contributed by atoms with Crippen molar-refractivity contribution in [3.63, 3.8) is 0 Å². The minimum absolute atomic E-state index is 0.237. The van der Waals surface area contributed by atoms with Crippen molar-refractivity contribution in [1.82, 2.24) is 15.0 Å². The molecule has 1 aliphatic rings. The lowest BCUT2D eigenvalue weighted by Gasteiger charge is -2.00. The summed E-state index contributed by atoms with van der Waals surface area (Å²) in [5, 5.41) is 7.93. The third-order valence-corrected chi connectivity index (χ3v) is 2.93. The first-order chi connectivity index (χ1) is 7.74. The van der Waals surface area contributed by atoms with Gasteiger partial charge in [0.05, 0.1) is 6.20 Å². The van der Waals surface area contributed by atoms with Crippen molar-refractivity contribution in [1.29, 1.82) is 0 Å². The van der Waals surface area contributed by atoms with E-state index < -0.39 is 0 Å². The average molecular weight is 213 g/mol. The number of fused-ring (bicyclic) bond motifs is 1. The van der Waals surface area contributed by atoms with E-state index in [1.807, 2.05) is 31.4 Å². The number of aromatic nitrogens is 3. The van der Waals surface area contributed by atoms with E-state index in [9.17, 15) is 4.79 Å². The van der Waals surface area contributed by atoms with Gasteiger partial charge in [0, 0.05) is 24.6 Å². The highest BCUT2D eigenvalue weighted by Crippen LogP contribution is 2.26. The van der Waals surface area contributed by atoms with E-state index in [1.54, 1.807) is 4.68 Å². The number of nitrogens with zero attached hydrogens (tertiary/aromatic N) is 3. The smallest absolute Gasteiger partial charge is 0.163 e. The standard InChI is InChI=1S/C12H11N3O/c1-15-7-11(13-14-15)9-3-2-8-4-5-12(16)10(8)6-9/h2-3,6-7H,4-5H2,1H3. The van der Waals surface area contributed by atoms with Crippen LogP contribution in [0.5, 0.6) is 0 Å². The lowest BCUT2D eigenvalue weighted by atomic mass is 10.0. The summed E-state index contributed by atoms with van der Waals surface area (Å²) in [5.41, 5.74) is 3.77. The van der Waals surface area contributed by atoms with Crippen LogP contribution in [0.3, 0.4) is 0 Å². The Hall–Kier alpha value is -1.97. The molecule has 0 spiro atoms. The lowest BCUT2D eigenvalue weighted by Crippen LogP contribution is -1.91. The van der Waals surface area contributed by atoms with E-state index in [0.29, 0.717) is 6.42 Å². The van der Waals surface area contributed by atoms with Gasteiger partial charge in [0.1, 0.15) is 5.69 Å². The second kappa shape index (κ2) is 3.27. The molecule has 0 bridgehead atoms. The topological polar surface area (TPSA) is 47.8 Å². The van der Waals surface area contributed by atoms with Gasteiger partial charge >= 0.3 is 0 Å². The largest absolute Gasteiger partial charge is 0.294 e. The first kappa shape index (κ1) is 9.27. The Bertz CT molecular complexity index is 571. The maximum absolute atomic E-state index is 11.6.